The van der Waals surface area contributed by atoms with E-state index < -0.39 is 29.7 Å². The molecule has 2 saturated heterocycles. The molecule has 0 aliphatic carbocycles. The molecule has 0 bridgehead atoms. The Hall–Kier alpha value is -3.14. The third-order valence-electron chi connectivity index (χ3n) is 5.33. The summed E-state index contributed by atoms with van der Waals surface area (Å²) in [5.41, 5.74) is -1.01. The van der Waals surface area contributed by atoms with Crippen LogP contribution in [0.25, 0.3) is 0 Å². The van der Waals surface area contributed by atoms with E-state index in [4.69, 9.17) is 4.74 Å². The molecule has 1 atom stereocenters. The molecule has 2 aromatic rings. The normalized spacial score (nSPS) is 19.7. The Balaban J connectivity index is 1.40. The topological polar surface area (TPSA) is 53.1 Å². The number of piperazine rings is 1. The standard InChI is InChI=1S/C21H19F4N3O3/c22-15-4-6-17(7-5-15)31-11-10-26-8-9-27-18(13-26)19(29)28(20(27)30)16-3-1-2-14(12-16)21(23,24)25/h1-7,12,18H,8-11,13H2. The number of amides is 3. The number of benzene rings is 2. The van der Waals surface area contributed by atoms with Crippen LogP contribution in [0.2, 0.25) is 0 Å². The Bertz CT molecular complexity index is 981. The second-order valence-electron chi connectivity index (χ2n) is 7.32. The van der Waals surface area contributed by atoms with Crippen LogP contribution in [0.5, 0.6) is 5.75 Å². The quantitative estimate of drug-likeness (QED) is 0.532. The molecule has 2 heterocycles. The first-order valence-corrected chi connectivity index (χ1v) is 9.66. The minimum atomic E-state index is -4.57. The van der Waals surface area contributed by atoms with Crippen LogP contribution in [0.1, 0.15) is 5.56 Å². The number of halogens is 4. The van der Waals surface area contributed by atoms with Gasteiger partial charge in [0.2, 0.25) is 0 Å². The van der Waals surface area contributed by atoms with E-state index in [2.05, 4.69) is 0 Å². The summed E-state index contributed by atoms with van der Waals surface area (Å²) in [5.74, 6) is -0.394. The van der Waals surface area contributed by atoms with Gasteiger partial charge in [-0.3, -0.25) is 9.69 Å². The molecule has 2 aliphatic heterocycles. The predicted octanol–water partition coefficient (Wildman–Crippen LogP) is 3.38. The van der Waals surface area contributed by atoms with Crippen LogP contribution in [0, 0.1) is 5.82 Å². The third-order valence-corrected chi connectivity index (χ3v) is 5.33. The lowest BCUT2D eigenvalue weighted by Crippen LogP contribution is -2.53. The van der Waals surface area contributed by atoms with Crippen molar-refractivity contribution in [3.8, 4) is 5.75 Å². The Kier molecular flexibility index (Phi) is 5.57. The molecule has 1 unspecified atom stereocenters. The highest BCUT2D eigenvalue weighted by atomic mass is 19.4. The zero-order valence-electron chi connectivity index (χ0n) is 16.3. The number of hydrogen-bond acceptors (Lipinski definition) is 4. The lowest BCUT2D eigenvalue weighted by atomic mass is 10.1. The number of hydrogen-bond donors (Lipinski definition) is 0. The molecule has 10 heteroatoms. The van der Waals surface area contributed by atoms with Crippen LogP contribution in [0.15, 0.2) is 48.5 Å². The van der Waals surface area contributed by atoms with E-state index in [0.29, 0.717) is 25.4 Å². The van der Waals surface area contributed by atoms with Crippen molar-refractivity contribution in [2.75, 3.05) is 37.7 Å². The van der Waals surface area contributed by atoms with Crippen LogP contribution < -0.4 is 9.64 Å². The molecular weight excluding hydrogens is 418 g/mol. The minimum absolute atomic E-state index is 0.0922. The first-order chi connectivity index (χ1) is 14.7. The number of nitrogens with zero attached hydrogens (tertiary/aromatic N) is 3. The van der Waals surface area contributed by atoms with Crippen molar-refractivity contribution < 1.29 is 31.9 Å². The van der Waals surface area contributed by atoms with E-state index in [0.717, 1.165) is 17.0 Å². The highest BCUT2D eigenvalue weighted by Gasteiger charge is 2.48. The molecule has 164 valence electrons. The van der Waals surface area contributed by atoms with Gasteiger partial charge in [-0.1, -0.05) is 6.07 Å². The summed E-state index contributed by atoms with van der Waals surface area (Å²) in [6, 6.07) is 8.43. The molecule has 0 N–H and O–H groups in total. The molecule has 2 fully saturated rings. The number of rotatable bonds is 5. The Morgan fingerprint density at radius 1 is 1.03 bits per heavy atom. The van der Waals surface area contributed by atoms with Crippen LogP contribution >= 0.6 is 0 Å². The number of urea groups is 1. The molecule has 0 spiro atoms. The van der Waals surface area contributed by atoms with Crippen LogP contribution in [0.3, 0.4) is 0 Å². The molecule has 31 heavy (non-hydrogen) atoms. The van der Waals surface area contributed by atoms with Gasteiger partial charge in [-0.2, -0.15) is 13.2 Å². The number of fused-ring (bicyclic) bond motifs is 1. The van der Waals surface area contributed by atoms with Crippen LogP contribution in [-0.4, -0.2) is 60.6 Å². The van der Waals surface area contributed by atoms with Gasteiger partial charge in [0.15, 0.2) is 0 Å². The summed E-state index contributed by atoms with van der Waals surface area (Å²) in [5, 5.41) is 0. The monoisotopic (exact) mass is 437 g/mol. The third kappa shape index (κ3) is 4.34. The van der Waals surface area contributed by atoms with Gasteiger partial charge in [0, 0.05) is 26.2 Å². The molecule has 0 saturated carbocycles. The second kappa shape index (κ2) is 8.18. The van der Waals surface area contributed by atoms with E-state index in [1.165, 1.54) is 41.3 Å². The van der Waals surface area contributed by atoms with Gasteiger partial charge >= 0.3 is 12.2 Å². The largest absolute Gasteiger partial charge is 0.492 e. The first-order valence-electron chi connectivity index (χ1n) is 9.66. The summed E-state index contributed by atoms with van der Waals surface area (Å²) in [7, 11) is 0. The molecule has 2 aromatic carbocycles. The average Bonchev–Trinajstić information content (AvgIpc) is 2.99. The van der Waals surface area contributed by atoms with Crippen LogP contribution in [-0.2, 0) is 11.0 Å². The number of carbonyl (C=O) groups is 2. The Morgan fingerprint density at radius 2 is 1.77 bits per heavy atom. The molecule has 6 nitrogen and oxygen atoms in total. The molecule has 0 aromatic heterocycles. The predicted molar refractivity (Wildman–Crippen MR) is 103 cm³/mol. The van der Waals surface area contributed by atoms with Gasteiger partial charge in [0.25, 0.3) is 5.91 Å². The van der Waals surface area contributed by atoms with E-state index in [-0.39, 0.29) is 24.6 Å². The molecular formula is C21H19F4N3O3. The van der Waals surface area contributed by atoms with Gasteiger partial charge < -0.3 is 9.64 Å². The fourth-order valence-electron chi connectivity index (χ4n) is 3.74. The van der Waals surface area contributed by atoms with Crippen molar-refractivity contribution >= 4 is 17.6 Å². The van der Waals surface area contributed by atoms with Crippen LogP contribution in [0.4, 0.5) is 28.0 Å². The zero-order valence-corrected chi connectivity index (χ0v) is 16.3. The maximum absolute atomic E-state index is 13.0. The zero-order chi connectivity index (χ0) is 22.2. The lowest BCUT2D eigenvalue weighted by Gasteiger charge is -2.35. The van der Waals surface area contributed by atoms with Gasteiger partial charge in [0.1, 0.15) is 24.2 Å². The van der Waals surface area contributed by atoms with E-state index in [9.17, 15) is 27.2 Å². The summed E-state index contributed by atoms with van der Waals surface area (Å²) >= 11 is 0. The fourth-order valence-corrected chi connectivity index (χ4v) is 3.74. The number of alkyl halides is 3. The van der Waals surface area contributed by atoms with Crippen molar-refractivity contribution in [3.63, 3.8) is 0 Å². The van der Waals surface area contributed by atoms with Crippen molar-refractivity contribution in [3.05, 3.63) is 59.9 Å². The number of anilines is 1. The van der Waals surface area contributed by atoms with Crippen molar-refractivity contribution in [1.29, 1.82) is 0 Å². The molecule has 2 aliphatic rings. The molecule has 4 rings (SSSR count). The van der Waals surface area contributed by atoms with Gasteiger partial charge in [-0.25, -0.2) is 14.1 Å². The summed E-state index contributed by atoms with van der Waals surface area (Å²) in [4.78, 5) is 29.8. The summed E-state index contributed by atoms with van der Waals surface area (Å²) in [6.07, 6.45) is -4.57. The van der Waals surface area contributed by atoms with Crippen molar-refractivity contribution in [1.82, 2.24) is 9.80 Å². The van der Waals surface area contributed by atoms with Gasteiger partial charge in [0.05, 0.1) is 11.3 Å². The fraction of sp³-hybridized carbons (Fsp3) is 0.333. The smallest absolute Gasteiger partial charge is 0.416 e. The number of carbonyl (C=O) groups excluding carboxylic acids is 2. The highest BCUT2D eigenvalue weighted by Crippen LogP contribution is 2.34. The Morgan fingerprint density at radius 3 is 2.48 bits per heavy atom. The SMILES string of the molecule is O=C1C2CN(CCOc3ccc(F)cc3)CCN2C(=O)N1c1cccc(C(F)(F)F)c1. The number of ether oxygens (including phenoxy) is 1. The molecule has 3 amide bonds. The van der Waals surface area contributed by atoms with E-state index >= 15 is 0 Å². The van der Waals surface area contributed by atoms with E-state index in [1.807, 2.05) is 4.90 Å². The maximum Gasteiger partial charge on any atom is 0.416 e. The molecule has 0 radical (unpaired) electrons. The van der Waals surface area contributed by atoms with Crippen molar-refractivity contribution in [2.45, 2.75) is 12.2 Å². The highest BCUT2D eigenvalue weighted by molar-refractivity contribution is 6.21. The maximum atomic E-state index is 13.0. The minimum Gasteiger partial charge on any atom is -0.492 e. The number of imide groups is 1. The lowest BCUT2D eigenvalue weighted by molar-refractivity contribution is -0.137. The van der Waals surface area contributed by atoms with E-state index in [1.54, 1.807) is 0 Å². The summed E-state index contributed by atoms with van der Waals surface area (Å²) in [6.45, 7) is 1.82. The van der Waals surface area contributed by atoms with Gasteiger partial charge in [-0.05, 0) is 42.5 Å². The average molecular weight is 437 g/mol. The Labute approximate surface area is 175 Å². The first kappa shape index (κ1) is 21.1. The summed E-state index contributed by atoms with van der Waals surface area (Å²) < 4.78 is 57.6. The van der Waals surface area contributed by atoms with Crippen molar-refractivity contribution in [2.24, 2.45) is 0 Å². The second-order valence-corrected chi connectivity index (χ2v) is 7.32. The van der Waals surface area contributed by atoms with Gasteiger partial charge in [-0.15, -0.1) is 0 Å².